The fraction of sp³-hybridized carbons (Fsp3) is 0.150. The maximum atomic E-state index is 12.4. The first-order valence-corrected chi connectivity index (χ1v) is 8.78. The van der Waals surface area contributed by atoms with Crippen LogP contribution < -0.4 is 20.5 Å². The van der Waals surface area contributed by atoms with Gasteiger partial charge in [0.15, 0.2) is 5.75 Å². The number of ether oxygens (including phenoxy) is 2. The molecule has 0 aliphatic carbocycles. The maximum absolute atomic E-state index is 12.4. The normalized spacial score (nSPS) is 11.1. The molecule has 0 aliphatic heterocycles. The van der Waals surface area contributed by atoms with Crippen molar-refractivity contribution in [1.82, 2.24) is 9.97 Å². The number of nitrogens with two attached hydrogens (primary N) is 1. The predicted octanol–water partition coefficient (Wildman–Crippen LogP) is 4.28. The second-order valence-electron chi connectivity index (χ2n) is 5.98. The number of hydrogen-bond donors (Lipinski definition) is 2. The predicted molar refractivity (Wildman–Crippen MR) is 104 cm³/mol. The van der Waals surface area contributed by atoms with Crippen molar-refractivity contribution in [2.45, 2.75) is 13.3 Å². The molecule has 0 radical (unpaired) electrons. The largest absolute Gasteiger partial charge is 0.573 e. The average molecular weight is 418 g/mol. The van der Waals surface area contributed by atoms with Gasteiger partial charge >= 0.3 is 6.36 Å². The second kappa shape index (κ2) is 8.68. The van der Waals surface area contributed by atoms with Crippen molar-refractivity contribution in [1.29, 1.82) is 0 Å². The van der Waals surface area contributed by atoms with Crippen molar-refractivity contribution in [2.24, 2.45) is 5.73 Å². The molecular weight excluding hydrogens is 401 g/mol. The Labute approximate surface area is 169 Å². The highest BCUT2D eigenvalue weighted by Crippen LogP contribution is 2.31. The molecule has 156 valence electrons. The number of rotatable bonds is 7. The minimum atomic E-state index is -4.77. The van der Waals surface area contributed by atoms with Crippen molar-refractivity contribution < 1.29 is 27.4 Å². The lowest BCUT2D eigenvalue weighted by molar-refractivity contribution is -0.274. The lowest BCUT2D eigenvalue weighted by Crippen LogP contribution is -2.16. The number of primary amides is 1. The monoisotopic (exact) mass is 418 g/mol. The smallest absolute Gasteiger partial charge is 0.490 e. The lowest BCUT2D eigenvalue weighted by atomic mass is 10.1. The van der Waals surface area contributed by atoms with E-state index in [4.69, 9.17) is 10.5 Å². The van der Waals surface area contributed by atoms with E-state index in [0.717, 1.165) is 0 Å². The minimum Gasteiger partial charge on any atom is -0.490 e. The highest BCUT2D eigenvalue weighted by Gasteiger charge is 2.31. The van der Waals surface area contributed by atoms with E-state index < -0.39 is 12.3 Å². The van der Waals surface area contributed by atoms with Crippen LogP contribution in [0.2, 0.25) is 0 Å². The number of nitrogens with one attached hydrogen (secondary N) is 1. The molecule has 3 N–H and O–H groups in total. The number of nitrogens with zero attached hydrogens (tertiary/aromatic N) is 2. The summed E-state index contributed by atoms with van der Waals surface area (Å²) in [5.41, 5.74) is 7.10. The van der Waals surface area contributed by atoms with Gasteiger partial charge in [-0.3, -0.25) is 4.79 Å². The van der Waals surface area contributed by atoms with Crippen molar-refractivity contribution >= 4 is 17.5 Å². The number of amides is 1. The molecule has 3 aromatic rings. The van der Waals surface area contributed by atoms with Gasteiger partial charge in [0, 0.05) is 16.8 Å². The van der Waals surface area contributed by atoms with Crippen LogP contribution in [0.5, 0.6) is 11.5 Å². The third-order valence-electron chi connectivity index (χ3n) is 3.84. The van der Waals surface area contributed by atoms with Crippen molar-refractivity contribution in [3.63, 3.8) is 0 Å². The Bertz CT molecular complexity index is 1020. The zero-order valence-corrected chi connectivity index (χ0v) is 15.7. The van der Waals surface area contributed by atoms with Gasteiger partial charge in [0.25, 0.3) is 0 Å². The van der Waals surface area contributed by atoms with Crippen LogP contribution in [0.4, 0.5) is 24.8 Å². The van der Waals surface area contributed by atoms with Crippen molar-refractivity contribution in [2.75, 3.05) is 11.9 Å². The number of carbonyl (C=O) groups is 1. The van der Waals surface area contributed by atoms with Crippen LogP contribution in [0, 0.1) is 0 Å². The van der Waals surface area contributed by atoms with E-state index in [1.807, 2.05) is 0 Å². The van der Waals surface area contributed by atoms with Crippen LogP contribution in [0.3, 0.4) is 0 Å². The number of carbonyl (C=O) groups excluding carboxylic acids is 1. The summed E-state index contributed by atoms with van der Waals surface area (Å²) in [6.45, 7) is 2.14. The highest BCUT2D eigenvalue weighted by atomic mass is 19.4. The molecule has 30 heavy (non-hydrogen) atoms. The summed E-state index contributed by atoms with van der Waals surface area (Å²) in [5.74, 6) is -0.280. The molecular formula is C20H17F3N4O3. The molecule has 7 nitrogen and oxygen atoms in total. The number of halogens is 3. The second-order valence-corrected chi connectivity index (χ2v) is 5.98. The van der Waals surface area contributed by atoms with Crippen molar-refractivity contribution in [3.05, 3.63) is 60.3 Å². The van der Waals surface area contributed by atoms with Crippen LogP contribution >= 0.6 is 0 Å². The van der Waals surface area contributed by atoms with Gasteiger partial charge in [0.05, 0.1) is 12.8 Å². The molecule has 1 amide bonds. The summed E-state index contributed by atoms with van der Waals surface area (Å²) in [6, 6.07) is 11.7. The van der Waals surface area contributed by atoms with E-state index in [-0.39, 0.29) is 11.7 Å². The first-order valence-electron chi connectivity index (χ1n) is 8.78. The summed E-state index contributed by atoms with van der Waals surface area (Å²) in [4.78, 5) is 19.8. The Balaban J connectivity index is 1.88. The molecule has 10 heteroatoms. The highest BCUT2D eigenvalue weighted by molar-refractivity contribution is 5.93. The van der Waals surface area contributed by atoms with E-state index in [9.17, 15) is 18.0 Å². The zero-order valence-electron chi connectivity index (χ0n) is 15.7. The fourth-order valence-electron chi connectivity index (χ4n) is 2.56. The van der Waals surface area contributed by atoms with Gasteiger partial charge in [-0.05, 0) is 55.5 Å². The summed E-state index contributed by atoms with van der Waals surface area (Å²) in [6.07, 6.45) is -3.31. The molecule has 1 aromatic heterocycles. The molecule has 3 rings (SSSR count). The molecule has 0 saturated carbocycles. The SMILES string of the molecule is CCOc1cnc(Nc2ccc(C(N)=O)cc2)nc1-c1ccc(OC(F)(F)F)cc1. The number of aromatic nitrogens is 2. The van der Waals surface area contributed by atoms with E-state index in [1.165, 1.54) is 30.5 Å². The molecule has 0 fully saturated rings. The third-order valence-corrected chi connectivity index (χ3v) is 3.84. The number of anilines is 2. The molecule has 0 aliphatic rings. The number of benzene rings is 2. The molecule has 0 atom stereocenters. The van der Waals surface area contributed by atoms with Crippen LogP contribution in [0.25, 0.3) is 11.3 Å². The Morgan fingerprint density at radius 1 is 1.10 bits per heavy atom. The van der Waals surface area contributed by atoms with Gasteiger partial charge in [0.1, 0.15) is 11.4 Å². The zero-order chi connectivity index (χ0) is 21.7. The minimum absolute atomic E-state index is 0.232. The van der Waals surface area contributed by atoms with Gasteiger partial charge in [-0.15, -0.1) is 13.2 Å². The molecule has 0 saturated heterocycles. The molecule has 0 bridgehead atoms. The Morgan fingerprint density at radius 2 is 1.77 bits per heavy atom. The van der Waals surface area contributed by atoms with Gasteiger partial charge < -0.3 is 20.5 Å². The Morgan fingerprint density at radius 3 is 2.33 bits per heavy atom. The quantitative estimate of drug-likeness (QED) is 0.594. The van der Waals surface area contributed by atoms with E-state index >= 15 is 0 Å². The summed E-state index contributed by atoms with van der Waals surface area (Å²) < 4.78 is 46.5. The first kappa shape index (κ1) is 20.9. The lowest BCUT2D eigenvalue weighted by Gasteiger charge is -2.13. The van der Waals surface area contributed by atoms with Gasteiger partial charge in [-0.25, -0.2) is 9.97 Å². The summed E-state index contributed by atoms with van der Waals surface area (Å²) in [7, 11) is 0. The van der Waals surface area contributed by atoms with Crippen LogP contribution in [0.15, 0.2) is 54.7 Å². The number of alkyl halides is 3. The summed E-state index contributed by atoms with van der Waals surface area (Å²) in [5, 5.41) is 2.99. The fourth-order valence-corrected chi connectivity index (χ4v) is 2.56. The van der Waals surface area contributed by atoms with Crippen molar-refractivity contribution in [3.8, 4) is 22.8 Å². The van der Waals surface area contributed by atoms with Crippen LogP contribution in [0.1, 0.15) is 17.3 Å². The number of hydrogen-bond acceptors (Lipinski definition) is 6. The topological polar surface area (TPSA) is 99.4 Å². The Kier molecular flexibility index (Phi) is 6.05. The Hall–Kier alpha value is -3.82. The van der Waals surface area contributed by atoms with Crippen LogP contribution in [-0.2, 0) is 0 Å². The molecule has 0 spiro atoms. The van der Waals surface area contributed by atoms with E-state index in [0.29, 0.717) is 34.9 Å². The van der Waals surface area contributed by atoms with E-state index in [2.05, 4.69) is 20.0 Å². The first-order chi connectivity index (χ1) is 14.2. The average Bonchev–Trinajstić information content (AvgIpc) is 2.69. The van der Waals surface area contributed by atoms with Crippen LogP contribution in [-0.4, -0.2) is 28.8 Å². The standard InChI is InChI=1S/C20H17F3N4O3/c1-2-29-16-11-25-19(26-14-7-3-13(4-8-14)18(24)28)27-17(16)12-5-9-15(10-6-12)30-20(21,22)23/h3-11H,2H2,1H3,(H2,24,28)(H,25,26,27). The van der Waals surface area contributed by atoms with E-state index in [1.54, 1.807) is 31.2 Å². The van der Waals surface area contributed by atoms with Gasteiger partial charge in [0.2, 0.25) is 11.9 Å². The van der Waals surface area contributed by atoms with Gasteiger partial charge in [-0.1, -0.05) is 0 Å². The summed E-state index contributed by atoms with van der Waals surface area (Å²) >= 11 is 0. The molecule has 1 heterocycles. The van der Waals surface area contributed by atoms with Gasteiger partial charge in [-0.2, -0.15) is 0 Å². The maximum Gasteiger partial charge on any atom is 0.573 e. The third kappa shape index (κ3) is 5.37. The molecule has 2 aromatic carbocycles. The molecule has 0 unspecified atom stereocenters.